The molecule has 0 aliphatic heterocycles. The standard InChI is InChI=1S/C3H3N3OS/c7-4-1-3-2-5-8-6-3/h1-2,7H/b4-1+. The second-order valence-corrected chi connectivity index (χ2v) is 1.63. The molecule has 4 nitrogen and oxygen atoms in total. The van der Waals surface area contributed by atoms with E-state index in [1.165, 1.54) is 12.4 Å². The quantitative estimate of drug-likeness (QED) is 0.338. The van der Waals surface area contributed by atoms with Crippen LogP contribution in [0.2, 0.25) is 0 Å². The topological polar surface area (TPSA) is 58.4 Å². The maximum atomic E-state index is 7.94. The molecule has 8 heavy (non-hydrogen) atoms. The van der Waals surface area contributed by atoms with E-state index >= 15 is 0 Å². The minimum atomic E-state index is 0.581. The van der Waals surface area contributed by atoms with Crippen molar-refractivity contribution in [1.82, 2.24) is 8.75 Å². The van der Waals surface area contributed by atoms with Gasteiger partial charge in [0.05, 0.1) is 24.1 Å². The fourth-order valence-electron chi connectivity index (χ4n) is 0.288. The summed E-state index contributed by atoms with van der Waals surface area (Å²) in [5.41, 5.74) is 0.581. The molecule has 0 aliphatic rings. The van der Waals surface area contributed by atoms with Crippen molar-refractivity contribution in [2.24, 2.45) is 5.16 Å². The normalized spacial score (nSPS) is 10.5. The molecule has 0 bridgehead atoms. The molecule has 0 saturated heterocycles. The summed E-state index contributed by atoms with van der Waals surface area (Å²) < 4.78 is 7.40. The lowest BCUT2D eigenvalue weighted by atomic mass is 10.5. The molecule has 0 radical (unpaired) electrons. The molecule has 0 spiro atoms. The van der Waals surface area contributed by atoms with Crippen LogP contribution in [0.4, 0.5) is 0 Å². The molecule has 5 heteroatoms. The lowest BCUT2D eigenvalue weighted by Gasteiger charge is -1.70. The third kappa shape index (κ3) is 1.00. The van der Waals surface area contributed by atoms with Gasteiger partial charge in [0.2, 0.25) is 0 Å². The van der Waals surface area contributed by atoms with Gasteiger partial charge in [-0.25, -0.2) is 0 Å². The maximum Gasteiger partial charge on any atom is 0.118 e. The molecule has 42 valence electrons. The first-order valence-electron chi connectivity index (χ1n) is 1.88. The summed E-state index contributed by atoms with van der Waals surface area (Å²) in [7, 11) is 0. The van der Waals surface area contributed by atoms with Crippen molar-refractivity contribution in [2.75, 3.05) is 0 Å². The monoisotopic (exact) mass is 129 g/mol. The third-order valence-electron chi connectivity index (χ3n) is 0.568. The number of nitrogens with zero attached hydrogens (tertiary/aromatic N) is 3. The molecular formula is C3H3N3OS. The second-order valence-electron chi connectivity index (χ2n) is 1.08. The third-order valence-corrected chi connectivity index (χ3v) is 1.06. The molecule has 0 atom stereocenters. The van der Waals surface area contributed by atoms with Crippen LogP contribution in [0.25, 0.3) is 0 Å². The van der Waals surface area contributed by atoms with Gasteiger partial charge in [0.25, 0.3) is 0 Å². The van der Waals surface area contributed by atoms with E-state index in [4.69, 9.17) is 5.21 Å². The maximum absolute atomic E-state index is 7.94. The highest BCUT2D eigenvalue weighted by Gasteiger charge is 1.86. The number of rotatable bonds is 1. The Kier molecular flexibility index (Phi) is 1.53. The predicted octanol–water partition coefficient (Wildman–Crippen LogP) is 0.346. The van der Waals surface area contributed by atoms with Crippen molar-refractivity contribution in [3.05, 3.63) is 11.9 Å². The fraction of sp³-hybridized carbons (Fsp3) is 0. The summed E-state index contributed by atoms with van der Waals surface area (Å²) in [6.45, 7) is 0. The Morgan fingerprint density at radius 1 is 1.88 bits per heavy atom. The van der Waals surface area contributed by atoms with Crippen LogP contribution in [0.5, 0.6) is 0 Å². The van der Waals surface area contributed by atoms with Crippen LogP contribution < -0.4 is 0 Å². The lowest BCUT2D eigenvalue weighted by Crippen LogP contribution is -1.75. The Balaban J connectivity index is 2.77. The van der Waals surface area contributed by atoms with E-state index < -0.39 is 0 Å². The summed E-state index contributed by atoms with van der Waals surface area (Å²) in [4.78, 5) is 0. The van der Waals surface area contributed by atoms with Gasteiger partial charge in [0, 0.05) is 0 Å². The summed E-state index contributed by atoms with van der Waals surface area (Å²) in [5.74, 6) is 0. The molecule has 1 aromatic rings. The van der Waals surface area contributed by atoms with Crippen molar-refractivity contribution in [3.8, 4) is 0 Å². The van der Waals surface area contributed by atoms with Crippen LogP contribution >= 0.6 is 11.7 Å². The van der Waals surface area contributed by atoms with Crippen LogP contribution in [0, 0.1) is 0 Å². The molecule has 1 aromatic heterocycles. The Bertz CT molecular complexity index is 171. The first-order valence-corrected chi connectivity index (χ1v) is 2.61. The van der Waals surface area contributed by atoms with Crippen molar-refractivity contribution >= 4 is 17.9 Å². The van der Waals surface area contributed by atoms with Gasteiger partial charge in [-0.3, -0.25) is 0 Å². The van der Waals surface area contributed by atoms with Gasteiger partial charge in [-0.2, -0.15) is 8.75 Å². The highest BCUT2D eigenvalue weighted by molar-refractivity contribution is 6.99. The van der Waals surface area contributed by atoms with Crippen molar-refractivity contribution in [2.45, 2.75) is 0 Å². The van der Waals surface area contributed by atoms with E-state index in [9.17, 15) is 0 Å². The molecule has 0 saturated carbocycles. The van der Waals surface area contributed by atoms with Crippen LogP contribution in [0.3, 0.4) is 0 Å². The molecular weight excluding hydrogens is 126 g/mol. The van der Waals surface area contributed by atoms with Gasteiger partial charge in [-0.15, -0.1) is 0 Å². The van der Waals surface area contributed by atoms with Gasteiger partial charge in [-0.1, -0.05) is 5.16 Å². The Morgan fingerprint density at radius 3 is 3.25 bits per heavy atom. The van der Waals surface area contributed by atoms with E-state index in [0.29, 0.717) is 5.69 Å². The summed E-state index contributed by atoms with van der Waals surface area (Å²) >= 11 is 1.08. The number of hydrogen-bond acceptors (Lipinski definition) is 5. The molecule has 1 N–H and O–H groups in total. The molecule has 0 aliphatic carbocycles. The lowest BCUT2D eigenvalue weighted by molar-refractivity contribution is 0.321. The van der Waals surface area contributed by atoms with Gasteiger partial charge in [-0.05, 0) is 0 Å². The largest absolute Gasteiger partial charge is 0.411 e. The minimum absolute atomic E-state index is 0.581. The van der Waals surface area contributed by atoms with E-state index in [1.54, 1.807) is 0 Å². The number of oxime groups is 1. The molecule has 0 fully saturated rings. The fourth-order valence-corrected chi connectivity index (χ4v) is 0.679. The molecule has 1 rings (SSSR count). The predicted molar refractivity (Wildman–Crippen MR) is 29.3 cm³/mol. The summed E-state index contributed by atoms with van der Waals surface area (Å²) in [6, 6.07) is 0. The van der Waals surface area contributed by atoms with Gasteiger partial charge in [0.1, 0.15) is 5.69 Å². The SMILES string of the molecule is O/N=C/c1cnsn1. The molecule has 0 unspecified atom stereocenters. The zero-order valence-corrected chi connectivity index (χ0v) is 4.67. The summed E-state index contributed by atoms with van der Waals surface area (Å²) in [5, 5.41) is 10.7. The van der Waals surface area contributed by atoms with Crippen molar-refractivity contribution < 1.29 is 5.21 Å². The minimum Gasteiger partial charge on any atom is -0.411 e. The van der Waals surface area contributed by atoms with Gasteiger partial charge >= 0.3 is 0 Å². The van der Waals surface area contributed by atoms with E-state index in [2.05, 4.69) is 13.9 Å². The molecule has 0 amide bonds. The average molecular weight is 129 g/mol. The molecule has 0 aromatic carbocycles. The highest BCUT2D eigenvalue weighted by atomic mass is 32.1. The van der Waals surface area contributed by atoms with Crippen LogP contribution in [0.1, 0.15) is 5.69 Å². The zero-order chi connectivity index (χ0) is 5.82. The van der Waals surface area contributed by atoms with E-state index in [-0.39, 0.29) is 0 Å². The van der Waals surface area contributed by atoms with E-state index in [0.717, 1.165) is 11.7 Å². The number of hydrogen-bond donors (Lipinski definition) is 1. The van der Waals surface area contributed by atoms with Crippen LogP contribution in [-0.4, -0.2) is 20.2 Å². The number of aromatic nitrogens is 2. The molecule has 1 heterocycles. The van der Waals surface area contributed by atoms with E-state index in [1.807, 2.05) is 0 Å². The van der Waals surface area contributed by atoms with Crippen LogP contribution in [0.15, 0.2) is 11.4 Å². The van der Waals surface area contributed by atoms with Crippen molar-refractivity contribution in [3.63, 3.8) is 0 Å². The first-order chi connectivity index (χ1) is 3.93. The van der Waals surface area contributed by atoms with Crippen LogP contribution in [-0.2, 0) is 0 Å². The van der Waals surface area contributed by atoms with Gasteiger partial charge in [0.15, 0.2) is 0 Å². The zero-order valence-electron chi connectivity index (χ0n) is 3.85. The Morgan fingerprint density at radius 2 is 2.75 bits per heavy atom. The average Bonchev–Trinajstić information content (AvgIpc) is 2.19. The smallest absolute Gasteiger partial charge is 0.118 e. The Hall–Kier alpha value is -0.970. The van der Waals surface area contributed by atoms with Gasteiger partial charge < -0.3 is 5.21 Å². The first kappa shape index (κ1) is 5.17. The van der Waals surface area contributed by atoms with Crippen molar-refractivity contribution in [1.29, 1.82) is 0 Å². The summed E-state index contributed by atoms with van der Waals surface area (Å²) in [6.07, 6.45) is 2.74. The second kappa shape index (κ2) is 2.37. The Labute approximate surface area is 49.8 Å². The highest BCUT2D eigenvalue weighted by Crippen LogP contribution is 1.88.